The van der Waals surface area contributed by atoms with Crippen LogP contribution in [0.2, 0.25) is 0 Å². The molecule has 0 aromatic heterocycles. The Labute approximate surface area is 202 Å². The number of anilines is 3. The van der Waals surface area contributed by atoms with E-state index in [1.807, 2.05) is 13.8 Å². The number of carbonyl (C=O) groups excluding carboxylic acids is 1. The third kappa shape index (κ3) is 6.02. The van der Waals surface area contributed by atoms with Crippen LogP contribution in [-0.2, 0) is 4.74 Å². The van der Waals surface area contributed by atoms with Crippen molar-refractivity contribution in [3.63, 3.8) is 0 Å². The number of ether oxygens (including phenoxy) is 1. The summed E-state index contributed by atoms with van der Waals surface area (Å²) in [6.07, 6.45) is -4.26. The van der Waals surface area contributed by atoms with Gasteiger partial charge in [0, 0.05) is 4.47 Å². The molecule has 2 aromatic rings. The molecule has 2 N–H and O–H groups in total. The fourth-order valence-corrected chi connectivity index (χ4v) is 4.00. The number of alkyl halides is 2. The molecule has 1 aliphatic heterocycles. The number of halogens is 4. The van der Waals surface area contributed by atoms with Gasteiger partial charge in [0.05, 0.1) is 30.2 Å². The molecule has 11 heteroatoms. The van der Waals surface area contributed by atoms with Crippen LogP contribution >= 0.6 is 28.1 Å². The Morgan fingerprint density at radius 1 is 1.21 bits per heavy atom. The SMILES string of the molecule is CC(C)c1cc(=O)c(Nc2ccc(N3CC(CNC(=S)C(F)F)OC3=O)cc2F)ccc1Br. The maximum Gasteiger partial charge on any atom is 0.414 e. The van der Waals surface area contributed by atoms with E-state index in [0.29, 0.717) is 0 Å². The summed E-state index contributed by atoms with van der Waals surface area (Å²) < 4.78 is 45.7. The second-order valence-corrected chi connectivity index (χ2v) is 8.96. The van der Waals surface area contributed by atoms with Gasteiger partial charge in [-0.1, -0.05) is 42.0 Å². The minimum atomic E-state index is -2.80. The summed E-state index contributed by atoms with van der Waals surface area (Å²) in [7, 11) is 0. The van der Waals surface area contributed by atoms with Gasteiger partial charge in [0.1, 0.15) is 16.9 Å². The third-order valence-corrected chi connectivity index (χ3v) is 6.00. The summed E-state index contributed by atoms with van der Waals surface area (Å²) >= 11 is 7.94. The smallest absolute Gasteiger partial charge is 0.414 e. The van der Waals surface area contributed by atoms with Gasteiger partial charge in [0.25, 0.3) is 6.43 Å². The predicted octanol–water partition coefficient (Wildman–Crippen LogP) is 5.32. The average molecular weight is 544 g/mol. The number of hydrogen-bond donors (Lipinski definition) is 2. The molecule has 0 aliphatic carbocycles. The zero-order valence-corrected chi connectivity index (χ0v) is 20.1. The van der Waals surface area contributed by atoms with Gasteiger partial charge in [0.2, 0.25) is 5.43 Å². The lowest BCUT2D eigenvalue weighted by Gasteiger charge is -2.15. The quantitative estimate of drug-likeness (QED) is 0.460. The maximum absolute atomic E-state index is 14.8. The number of rotatable bonds is 7. The lowest BCUT2D eigenvalue weighted by molar-refractivity contribution is 0.142. The number of nitrogens with one attached hydrogen (secondary N) is 2. The highest BCUT2D eigenvalue weighted by molar-refractivity contribution is 9.10. The molecular weight excluding hydrogens is 523 g/mol. The number of cyclic esters (lactones) is 1. The van der Waals surface area contributed by atoms with Crippen molar-refractivity contribution < 1.29 is 22.7 Å². The van der Waals surface area contributed by atoms with Crippen molar-refractivity contribution in [2.24, 2.45) is 0 Å². The van der Waals surface area contributed by atoms with E-state index in [4.69, 9.17) is 4.74 Å². The zero-order valence-electron chi connectivity index (χ0n) is 17.7. The summed E-state index contributed by atoms with van der Waals surface area (Å²) in [4.78, 5) is 25.3. The molecule has 6 nitrogen and oxygen atoms in total. The fourth-order valence-electron chi connectivity index (χ4n) is 3.22. The van der Waals surface area contributed by atoms with E-state index in [1.165, 1.54) is 23.1 Å². The lowest BCUT2D eigenvalue weighted by Crippen LogP contribution is -2.36. The second-order valence-electron chi connectivity index (χ2n) is 7.66. The van der Waals surface area contributed by atoms with Crippen LogP contribution in [0.4, 0.5) is 35.0 Å². The first-order valence-electron chi connectivity index (χ1n) is 10.0. The van der Waals surface area contributed by atoms with Crippen LogP contribution in [0.3, 0.4) is 0 Å². The minimum absolute atomic E-state index is 0.0368. The Balaban J connectivity index is 1.75. The van der Waals surface area contributed by atoms with Crippen LogP contribution in [-0.4, -0.2) is 36.7 Å². The Kier molecular flexibility index (Phi) is 7.96. The second kappa shape index (κ2) is 10.5. The summed E-state index contributed by atoms with van der Waals surface area (Å²) in [5.74, 6) is -0.566. The first-order chi connectivity index (χ1) is 15.6. The molecule has 1 atom stereocenters. The van der Waals surface area contributed by atoms with Gasteiger partial charge < -0.3 is 15.4 Å². The number of benzene rings is 1. The first kappa shape index (κ1) is 25.0. The van der Waals surface area contributed by atoms with Crippen molar-refractivity contribution in [1.29, 1.82) is 0 Å². The summed E-state index contributed by atoms with van der Waals surface area (Å²) in [6.45, 7) is 3.87. The van der Waals surface area contributed by atoms with Gasteiger partial charge in [-0.15, -0.1) is 0 Å². The minimum Gasteiger partial charge on any atom is -0.442 e. The third-order valence-electron chi connectivity index (χ3n) is 4.96. The Morgan fingerprint density at radius 3 is 2.55 bits per heavy atom. The van der Waals surface area contributed by atoms with Gasteiger partial charge in [-0.3, -0.25) is 9.69 Å². The van der Waals surface area contributed by atoms with E-state index in [-0.39, 0.29) is 41.5 Å². The molecule has 2 aromatic carbocycles. The highest BCUT2D eigenvalue weighted by atomic mass is 79.9. The van der Waals surface area contributed by atoms with Crippen molar-refractivity contribution in [2.75, 3.05) is 23.3 Å². The molecular formula is C22H21BrF3N3O3S. The van der Waals surface area contributed by atoms with Crippen molar-refractivity contribution in [1.82, 2.24) is 5.32 Å². The molecule has 33 heavy (non-hydrogen) atoms. The van der Waals surface area contributed by atoms with Gasteiger partial charge in [0.15, 0.2) is 0 Å². The summed E-state index contributed by atoms with van der Waals surface area (Å²) in [5, 5.41) is 5.14. The molecule has 1 saturated heterocycles. The monoisotopic (exact) mass is 543 g/mol. The van der Waals surface area contributed by atoms with Crippen LogP contribution in [0.25, 0.3) is 0 Å². The highest BCUT2D eigenvalue weighted by Crippen LogP contribution is 2.28. The van der Waals surface area contributed by atoms with E-state index in [2.05, 4.69) is 38.8 Å². The standard InChI is InChI=1S/C22H21BrF3N3O3S/c1-11(2)14-8-19(30)18(6-4-15(14)23)28-17-5-3-12(7-16(17)24)29-10-13(32-22(29)31)9-27-21(33)20(25)26/h3-8,11,13,20H,9-10H2,1-2H3,(H,27,33)(H,28,30). The van der Waals surface area contributed by atoms with E-state index in [9.17, 15) is 22.8 Å². The Morgan fingerprint density at radius 2 is 1.91 bits per heavy atom. The lowest BCUT2D eigenvalue weighted by atomic mass is 10.1. The van der Waals surface area contributed by atoms with Gasteiger partial charge in [-0.25, -0.2) is 18.0 Å². The summed E-state index contributed by atoms with van der Waals surface area (Å²) in [6, 6.07) is 8.81. The topological polar surface area (TPSA) is 70.7 Å². The van der Waals surface area contributed by atoms with Gasteiger partial charge in [-0.05, 0) is 47.9 Å². The number of amides is 1. The van der Waals surface area contributed by atoms with Gasteiger partial charge >= 0.3 is 6.09 Å². The molecule has 1 unspecified atom stereocenters. The van der Waals surface area contributed by atoms with Crippen molar-refractivity contribution >= 4 is 56.3 Å². The Hall–Kier alpha value is -2.66. The van der Waals surface area contributed by atoms with E-state index in [1.54, 1.807) is 12.1 Å². The van der Waals surface area contributed by atoms with Crippen LogP contribution < -0.4 is 21.0 Å². The van der Waals surface area contributed by atoms with Crippen molar-refractivity contribution in [3.05, 3.63) is 62.5 Å². The van der Waals surface area contributed by atoms with Crippen LogP contribution in [0.15, 0.2) is 45.7 Å². The Bertz CT molecular complexity index is 1130. The van der Waals surface area contributed by atoms with Crippen molar-refractivity contribution in [3.8, 4) is 0 Å². The van der Waals surface area contributed by atoms with E-state index >= 15 is 0 Å². The number of hydrogen-bond acceptors (Lipinski definition) is 5. The molecule has 1 amide bonds. The van der Waals surface area contributed by atoms with E-state index in [0.717, 1.165) is 16.1 Å². The predicted molar refractivity (Wildman–Crippen MR) is 128 cm³/mol. The highest BCUT2D eigenvalue weighted by Gasteiger charge is 2.33. The maximum atomic E-state index is 14.8. The molecule has 0 spiro atoms. The molecule has 3 rings (SSSR count). The number of thiocarbonyl (C=S) groups is 1. The zero-order chi connectivity index (χ0) is 24.3. The normalized spacial score (nSPS) is 15.7. The molecule has 176 valence electrons. The molecule has 1 fully saturated rings. The van der Waals surface area contributed by atoms with Gasteiger partial charge in [-0.2, -0.15) is 0 Å². The average Bonchev–Trinajstić information content (AvgIpc) is 3.06. The van der Waals surface area contributed by atoms with Crippen LogP contribution in [0.1, 0.15) is 25.3 Å². The molecule has 0 saturated carbocycles. The largest absolute Gasteiger partial charge is 0.442 e. The van der Waals surface area contributed by atoms with Crippen molar-refractivity contribution in [2.45, 2.75) is 32.3 Å². The molecule has 1 heterocycles. The molecule has 1 aliphatic rings. The molecule has 0 radical (unpaired) electrons. The summed E-state index contributed by atoms with van der Waals surface area (Å²) in [5.41, 5.74) is 1.00. The van der Waals surface area contributed by atoms with E-state index < -0.39 is 29.4 Å². The first-order valence-corrected chi connectivity index (χ1v) is 11.2. The number of carbonyl (C=O) groups is 1. The van der Waals surface area contributed by atoms with Crippen LogP contribution in [0, 0.1) is 5.82 Å². The molecule has 0 bridgehead atoms. The van der Waals surface area contributed by atoms with Crippen LogP contribution in [0.5, 0.6) is 0 Å². The number of nitrogens with zero attached hydrogens (tertiary/aromatic N) is 1. The fraction of sp³-hybridized carbons (Fsp3) is 0.318.